The first-order chi connectivity index (χ1) is 6.20. The summed E-state index contributed by atoms with van der Waals surface area (Å²) in [5.74, 6) is 0. The zero-order valence-corrected chi connectivity index (χ0v) is 8.43. The molecule has 0 saturated carbocycles. The first kappa shape index (κ1) is 9.79. The Bertz CT molecular complexity index is 332. The number of aryl methyl sites for hydroxylation is 1. The second-order valence-corrected chi connectivity index (χ2v) is 3.20. The van der Waals surface area contributed by atoms with Crippen LogP contribution in [0.1, 0.15) is 30.0 Å². The van der Waals surface area contributed by atoms with Crippen molar-refractivity contribution >= 4 is 11.6 Å². The molecule has 0 saturated heterocycles. The molecule has 0 aliphatic heterocycles. The van der Waals surface area contributed by atoms with Crippen LogP contribution in [0.2, 0.25) is 0 Å². The molecule has 0 nitrogen and oxygen atoms in total. The molecule has 0 aliphatic rings. The summed E-state index contributed by atoms with van der Waals surface area (Å²) in [6.45, 7) is 12.1. The lowest BCUT2D eigenvalue weighted by atomic mass is 9.96. The Labute approximate surface area is 80.6 Å². The van der Waals surface area contributed by atoms with Gasteiger partial charge in [-0.3, -0.25) is 0 Å². The number of hydrogen-bond acceptors (Lipinski definition) is 0. The van der Waals surface area contributed by atoms with Gasteiger partial charge in [0, 0.05) is 0 Å². The maximum atomic E-state index is 4.05. The van der Waals surface area contributed by atoms with Crippen LogP contribution < -0.4 is 0 Å². The lowest BCUT2D eigenvalue weighted by Gasteiger charge is -2.09. The first-order valence-corrected chi connectivity index (χ1v) is 4.61. The van der Waals surface area contributed by atoms with Crippen LogP contribution in [-0.2, 0) is 0 Å². The molecule has 0 aromatic heterocycles. The molecule has 0 unspecified atom stereocenters. The van der Waals surface area contributed by atoms with Crippen molar-refractivity contribution in [2.45, 2.75) is 20.3 Å². The third-order valence-electron chi connectivity index (χ3n) is 2.34. The van der Waals surface area contributed by atoms with E-state index in [1.165, 1.54) is 22.3 Å². The molecule has 1 rings (SSSR count). The van der Waals surface area contributed by atoms with Gasteiger partial charge in [0.15, 0.2) is 0 Å². The summed E-state index contributed by atoms with van der Waals surface area (Å²) in [5, 5.41) is 0. The molecule has 0 atom stereocenters. The fourth-order valence-corrected chi connectivity index (χ4v) is 1.45. The van der Waals surface area contributed by atoms with Crippen LogP contribution in [0.25, 0.3) is 11.6 Å². The van der Waals surface area contributed by atoms with Gasteiger partial charge >= 0.3 is 0 Å². The standard InChI is InChI=1S/C13H16/c1-5-10(3)13-9-7-8-11(4)12(13)6-2/h6-9H,2-3,5H2,1,4H3. The van der Waals surface area contributed by atoms with Crippen LogP contribution in [0.3, 0.4) is 0 Å². The molecule has 0 amide bonds. The number of allylic oxidation sites excluding steroid dienone is 1. The minimum absolute atomic E-state index is 0.990. The van der Waals surface area contributed by atoms with Gasteiger partial charge in [0.05, 0.1) is 0 Å². The summed E-state index contributed by atoms with van der Waals surface area (Å²) in [5.41, 5.74) is 4.90. The number of hydrogen-bond donors (Lipinski definition) is 0. The smallest absolute Gasteiger partial charge is 0.0155 e. The topological polar surface area (TPSA) is 0 Å². The van der Waals surface area contributed by atoms with Gasteiger partial charge in [-0.05, 0) is 35.6 Å². The maximum Gasteiger partial charge on any atom is -0.0155 e. The van der Waals surface area contributed by atoms with Crippen LogP contribution in [0.4, 0.5) is 0 Å². The summed E-state index contributed by atoms with van der Waals surface area (Å²) in [7, 11) is 0. The second-order valence-electron chi connectivity index (χ2n) is 3.20. The maximum absolute atomic E-state index is 4.05. The largest absolute Gasteiger partial charge is 0.0984 e. The van der Waals surface area contributed by atoms with Gasteiger partial charge < -0.3 is 0 Å². The van der Waals surface area contributed by atoms with E-state index in [0.29, 0.717) is 0 Å². The monoisotopic (exact) mass is 172 g/mol. The molecule has 0 fully saturated rings. The van der Waals surface area contributed by atoms with Gasteiger partial charge in [-0.15, -0.1) is 0 Å². The Hall–Kier alpha value is -1.30. The average Bonchev–Trinajstić information content (AvgIpc) is 2.16. The minimum atomic E-state index is 0.990. The van der Waals surface area contributed by atoms with E-state index in [1.54, 1.807) is 0 Å². The van der Waals surface area contributed by atoms with E-state index in [1.807, 2.05) is 6.08 Å². The van der Waals surface area contributed by atoms with E-state index < -0.39 is 0 Å². The van der Waals surface area contributed by atoms with Gasteiger partial charge in [0.25, 0.3) is 0 Å². The molecule has 0 heteroatoms. The van der Waals surface area contributed by atoms with Crippen molar-refractivity contribution in [3.8, 4) is 0 Å². The lowest BCUT2D eigenvalue weighted by Crippen LogP contribution is -1.89. The third kappa shape index (κ3) is 1.89. The first-order valence-electron chi connectivity index (χ1n) is 4.61. The highest BCUT2D eigenvalue weighted by Crippen LogP contribution is 2.23. The molecular formula is C13H16. The summed E-state index contributed by atoms with van der Waals surface area (Å²) < 4.78 is 0. The minimum Gasteiger partial charge on any atom is -0.0984 e. The van der Waals surface area contributed by atoms with E-state index in [4.69, 9.17) is 0 Å². The summed E-state index contributed by atoms with van der Waals surface area (Å²) in [6.07, 6.45) is 2.90. The quantitative estimate of drug-likeness (QED) is 0.645. The zero-order chi connectivity index (χ0) is 9.84. The van der Waals surface area contributed by atoms with Crippen molar-refractivity contribution in [2.24, 2.45) is 0 Å². The summed E-state index contributed by atoms with van der Waals surface area (Å²) >= 11 is 0. The van der Waals surface area contributed by atoms with Gasteiger partial charge in [0.1, 0.15) is 0 Å². The van der Waals surface area contributed by atoms with Crippen LogP contribution in [-0.4, -0.2) is 0 Å². The highest BCUT2D eigenvalue weighted by atomic mass is 14.1. The number of benzene rings is 1. The molecule has 1 aromatic rings. The van der Waals surface area contributed by atoms with Crippen molar-refractivity contribution in [1.29, 1.82) is 0 Å². The van der Waals surface area contributed by atoms with Crippen LogP contribution in [0, 0.1) is 6.92 Å². The molecular weight excluding hydrogens is 156 g/mol. The van der Waals surface area contributed by atoms with Crippen molar-refractivity contribution in [3.63, 3.8) is 0 Å². The van der Waals surface area contributed by atoms with Gasteiger partial charge in [-0.25, -0.2) is 0 Å². The normalized spacial score (nSPS) is 9.69. The van der Waals surface area contributed by atoms with E-state index >= 15 is 0 Å². The van der Waals surface area contributed by atoms with Crippen molar-refractivity contribution < 1.29 is 0 Å². The molecule has 0 spiro atoms. The van der Waals surface area contributed by atoms with Crippen LogP contribution >= 0.6 is 0 Å². The van der Waals surface area contributed by atoms with Crippen LogP contribution in [0.15, 0.2) is 31.4 Å². The Kier molecular flexibility index (Phi) is 3.07. The van der Waals surface area contributed by atoms with Crippen LogP contribution in [0.5, 0.6) is 0 Å². The summed E-state index contributed by atoms with van der Waals surface area (Å²) in [4.78, 5) is 0. The van der Waals surface area contributed by atoms with Crippen molar-refractivity contribution in [3.05, 3.63) is 48.0 Å². The highest BCUT2D eigenvalue weighted by Gasteiger charge is 2.03. The predicted octanol–water partition coefficient (Wildman–Crippen LogP) is 4.06. The molecule has 0 bridgehead atoms. The molecule has 0 N–H and O–H groups in total. The van der Waals surface area contributed by atoms with E-state index in [-0.39, 0.29) is 0 Å². The van der Waals surface area contributed by atoms with Gasteiger partial charge in [-0.1, -0.05) is 44.4 Å². The Balaban J connectivity index is 3.28. The third-order valence-corrected chi connectivity index (χ3v) is 2.34. The molecule has 1 aromatic carbocycles. The number of rotatable bonds is 3. The average molecular weight is 172 g/mol. The fraction of sp³-hybridized carbons (Fsp3) is 0.231. The molecule has 13 heavy (non-hydrogen) atoms. The van der Waals surface area contributed by atoms with Gasteiger partial charge in [-0.2, -0.15) is 0 Å². The van der Waals surface area contributed by atoms with Crippen molar-refractivity contribution in [2.75, 3.05) is 0 Å². The lowest BCUT2D eigenvalue weighted by molar-refractivity contribution is 1.24. The highest BCUT2D eigenvalue weighted by molar-refractivity contribution is 5.74. The van der Waals surface area contributed by atoms with Crippen molar-refractivity contribution in [1.82, 2.24) is 0 Å². The Morgan fingerprint density at radius 1 is 1.46 bits per heavy atom. The fourth-order valence-electron chi connectivity index (χ4n) is 1.45. The second kappa shape index (κ2) is 4.08. The molecule has 0 heterocycles. The van der Waals surface area contributed by atoms with E-state index in [9.17, 15) is 0 Å². The molecule has 0 aliphatic carbocycles. The van der Waals surface area contributed by atoms with Gasteiger partial charge in [0.2, 0.25) is 0 Å². The van der Waals surface area contributed by atoms with E-state index in [0.717, 1.165) is 6.42 Å². The van der Waals surface area contributed by atoms with E-state index in [2.05, 4.69) is 45.2 Å². The SMILES string of the molecule is C=Cc1c(C)cccc1C(=C)CC. The Morgan fingerprint density at radius 2 is 2.15 bits per heavy atom. The zero-order valence-electron chi connectivity index (χ0n) is 8.43. The Morgan fingerprint density at radius 3 is 2.69 bits per heavy atom. The summed E-state index contributed by atoms with van der Waals surface area (Å²) in [6, 6.07) is 6.28. The molecule has 0 radical (unpaired) electrons. The molecule has 68 valence electrons. The predicted molar refractivity (Wildman–Crippen MR) is 60.6 cm³/mol.